The van der Waals surface area contributed by atoms with E-state index in [0.29, 0.717) is 6.10 Å². The van der Waals surface area contributed by atoms with Crippen LogP contribution < -0.4 is 5.73 Å². The van der Waals surface area contributed by atoms with Gasteiger partial charge in [-0.2, -0.15) is 0 Å². The second kappa shape index (κ2) is 6.19. The van der Waals surface area contributed by atoms with E-state index in [0.717, 1.165) is 18.9 Å². The molecule has 0 aromatic heterocycles. The average molecular weight is 239 g/mol. The minimum absolute atomic E-state index is 0.0809. The molecule has 2 fully saturated rings. The Bertz CT molecular complexity index is 225. The molecular weight excluding hydrogens is 210 g/mol. The third kappa shape index (κ3) is 3.96. The van der Waals surface area contributed by atoms with E-state index >= 15 is 0 Å². The zero-order valence-corrected chi connectivity index (χ0v) is 11.4. The summed E-state index contributed by atoms with van der Waals surface area (Å²) in [5, 5.41) is 0. The van der Waals surface area contributed by atoms with E-state index in [1.807, 2.05) is 0 Å². The lowest BCUT2D eigenvalue weighted by Gasteiger charge is -2.30. The topological polar surface area (TPSA) is 35.2 Å². The number of hydrogen-bond acceptors (Lipinski definition) is 2. The molecule has 1 saturated carbocycles. The van der Waals surface area contributed by atoms with Crippen LogP contribution in [0.4, 0.5) is 0 Å². The molecule has 0 amide bonds. The maximum Gasteiger partial charge on any atom is 0.0593 e. The molecule has 0 radical (unpaired) electrons. The molecule has 2 heteroatoms. The smallest absolute Gasteiger partial charge is 0.0593 e. The van der Waals surface area contributed by atoms with E-state index in [9.17, 15) is 0 Å². The summed E-state index contributed by atoms with van der Waals surface area (Å²) in [7, 11) is 0. The maximum absolute atomic E-state index is 6.62. The molecule has 2 nitrogen and oxygen atoms in total. The van der Waals surface area contributed by atoms with Gasteiger partial charge in [0.1, 0.15) is 0 Å². The summed E-state index contributed by atoms with van der Waals surface area (Å²) in [5.41, 5.74) is 6.70. The lowest BCUT2D eigenvalue weighted by atomic mass is 9.84. The van der Waals surface area contributed by atoms with Crippen LogP contribution >= 0.6 is 0 Å². The van der Waals surface area contributed by atoms with Gasteiger partial charge in [-0.15, -0.1) is 0 Å². The van der Waals surface area contributed by atoms with Gasteiger partial charge in [0, 0.05) is 12.1 Å². The summed E-state index contributed by atoms with van der Waals surface area (Å²) in [6, 6.07) is 0. The first kappa shape index (κ1) is 13.4. The fourth-order valence-electron chi connectivity index (χ4n) is 3.66. The highest BCUT2D eigenvalue weighted by Gasteiger charge is 2.33. The van der Waals surface area contributed by atoms with Crippen LogP contribution in [0.25, 0.3) is 0 Å². The van der Waals surface area contributed by atoms with Crippen LogP contribution in [0.5, 0.6) is 0 Å². The van der Waals surface area contributed by atoms with Gasteiger partial charge in [-0.05, 0) is 44.4 Å². The molecule has 0 bridgehead atoms. The third-order valence-corrected chi connectivity index (χ3v) is 4.69. The van der Waals surface area contributed by atoms with Crippen molar-refractivity contribution in [3.05, 3.63) is 0 Å². The molecule has 0 aromatic carbocycles. The maximum atomic E-state index is 6.62. The molecule has 3 unspecified atom stereocenters. The van der Waals surface area contributed by atoms with Crippen molar-refractivity contribution in [2.24, 2.45) is 11.7 Å². The molecule has 1 saturated heterocycles. The summed E-state index contributed by atoms with van der Waals surface area (Å²) in [5.74, 6) is 0.940. The van der Waals surface area contributed by atoms with Crippen LogP contribution in [0, 0.1) is 5.92 Å². The molecule has 2 N–H and O–H groups in total. The van der Waals surface area contributed by atoms with E-state index in [2.05, 4.69) is 6.92 Å². The van der Waals surface area contributed by atoms with Crippen molar-refractivity contribution in [2.75, 3.05) is 6.61 Å². The Labute approximate surface area is 106 Å². The van der Waals surface area contributed by atoms with Gasteiger partial charge in [-0.1, -0.05) is 32.6 Å². The lowest BCUT2D eigenvalue weighted by molar-refractivity contribution is 0.0793. The number of rotatable bonds is 4. The first-order valence-electron chi connectivity index (χ1n) is 7.62. The fraction of sp³-hybridized carbons (Fsp3) is 1.00. The molecule has 0 aromatic rings. The monoisotopic (exact) mass is 239 g/mol. The standard InChI is InChI=1S/C15H29NO/c1-2-5-13-6-3-9-15(16,10-8-13)12-14-7-4-11-17-14/h13-14H,2-12,16H2,1H3. The number of hydrogen-bond donors (Lipinski definition) is 1. The molecule has 1 aliphatic heterocycles. The second-order valence-electron chi connectivity index (χ2n) is 6.29. The first-order valence-corrected chi connectivity index (χ1v) is 7.62. The zero-order chi connectivity index (χ0) is 12.1. The average Bonchev–Trinajstić information content (AvgIpc) is 2.72. The molecule has 1 heterocycles. The van der Waals surface area contributed by atoms with Crippen LogP contribution in [0.3, 0.4) is 0 Å². The van der Waals surface area contributed by atoms with E-state index in [-0.39, 0.29) is 5.54 Å². The molecule has 3 atom stereocenters. The van der Waals surface area contributed by atoms with Gasteiger partial charge in [0.2, 0.25) is 0 Å². The fourth-order valence-corrected chi connectivity index (χ4v) is 3.66. The van der Waals surface area contributed by atoms with Gasteiger partial charge in [0.15, 0.2) is 0 Å². The predicted octanol–water partition coefficient (Wildman–Crippen LogP) is 3.63. The van der Waals surface area contributed by atoms with Crippen LogP contribution in [-0.2, 0) is 4.74 Å². The molecule has 2 rings (SSSR count). The molecule has 2 aliphatic rings. The van der Waals surface area contributed by atoms with E-state index in [1.54, 1.807) is 0 Å². The van der Waals surface area contributed by atoms with Gasteiger partial charge in [-0.3, -0.25) is 0 Å². The van der Waals surface area contributed by atoms with E-state index < -0.39 is 0 Å². The van der Waals surface area contributed by atoms with Crippen molar-refractivity contribution < 1.29 is 4.74 Å². The van der Waals surface area contributed by atoms with Crippen molar-refractivity contribution in [1.82, 2.24) is 0 Å². The van der Waals surface area contributed by atoms with Gasteiger partial charge in [0.05, 0.1) is 6.10 Å². The Balaban J connectivity index is 1.82. The van der Waals surface area contributed by atoms with Gasteiger partial charge >= 0.3 is 0 Å². The molecule has 0 spiro atoms. The Kier molecular flexibility index (Phi) is 4.87. The highest BCUT2D eigenvalue weighted by Crippen LogP contribution is 2.35. The SMILES string of the molecule is CCCC1CCCC(N)(CC2CCCO2)CC1. The van der Waals surface area contributed by atoms with Gasteiger partial charge in [-0.25, -0.2) is 0 Å². The Morgan fingerprint density at radius 3 is 2.76 bits per heavy atom. The Morgan fingerprint density at radius 2 is 2.06 bits per heavy atom. The van der Waals surface area contributed by atoms with Crippen molar-refractivity contribution in [3.63, 3.8) is 0 Å². The van der Waals surface area contributed by atoms with Crippen LogP contribution in [-0.4, -0.2) is 18.2 Å². The third-order valence-electron chi connectivity index (χ3n) is 4.69. The molecule has 17 heavy (non-hydrogen) atoms. The van der Waals surface area contributed by atoms with Crippen LogP contribution in [0.1, 0.15) is 71.1 Å². The van der Waals surface area contributed by atoms with E-state index in [4.69, 9.17) is 10.5 Å². The lowest BCUT2D eigenvalue weighted by Crippen LogP contribution is -2.42. The van der Waals surface area contributed by atoms with Crippen LogP contribution in [0.2, 0.25) is 0 Å². The number of nitrogens with two attached hydrogens (primary N) is 1. The van der Waals surface area contributed by atoms with Crippen molar-refractivity contribution in [2.45, 2.75) is 82.8 Å². The summed E-state index contributed by atoms with van der Waals surface area (Å²) < 4.78 is 5.76. The first-order chi connectivity index (χ1) is 8.22. The van der Waals surface area contributed by atoms with Gasteiger partial charge < -0.3 is 10.5 Å². The summed E-state index contributed by atoms with van der Waals surface area (Å²) >= 11 is 0. The quantitative estimate of drug-likeness (QED) is 0.760. The molecule has 1 aliphatic carbocycles. The van der Waals surface area contributed by atoms with Crippen molar-refractivity contribution >= 4 is 0 Å². The van der Waals surface area contributed by atoms with Gasteiger partial charge in [0.25, 0.3) is 0 Å². The second-order valence-corrected chi connectivity index (χ2v) is 6.29. The summed E-state index contributed by atoms with van der Waals surface area (Å²) in [4.78, 5) is 0. The summed E-state index contributed by atoms with van der Waals surface area (Å²) in [6.45, 7) is 3.26. The minimum atomic E-state index is 0.0809. The molecular formula is C15H29NO. The number of ether oxygens (including phenoxy) is 1. The highest BCUT2D eigenvalue weighted by molar-refractivity contribution is 4.91. The minimum Gasteiger partial charge on any atom is -0.378 e. The van der Waals surface area contributed by atoms with Crippen LogP contribution in [0.15, 0.2) is 0 Å². The van der Waals surface area contributed by atoms with Crippen molar-refractivity contribution in [1.29, 1.82) is 0 Å². The predicted molar refractivity (Wildman–Crippen MR) is 72.0 cm³/mol. The summed E-state index contributed by atoms with van der Waals surface area (Å²) in [6.07, 6.45) is 13.3. The van der Waals surface area contributed by atoms with E-state index in [1.165, 1.54) is 57.8 Å². The normalized spacial score (nSPS) is 39.2. The molecule has 100 valence electrons. The highest BCUT2D eigenvalue weighted by atomic mass is 16.5. The zero-order valence-electron chi connectivity index (χ0n) is 11.4. The largest absolute Gasteiger partial charge is 0.378 e. The Hall–Kier alpha value is -0.0800. The van der Waals surface area contributed by atoms with Crippen molar-refractivity contribution in [3.8, 4) is 0 Å². The Morgan fingerprint density at radius 1 is 1.18 bits per heavy atom.